The molecule has 4 rings (SSSR count). The number of unbranched alkanes of at least 4 members (excludes halogenated alkanes) is 1. The maximum atomic E-state index is 12.9. The van der Waals surface area contributed by atoms with Gasteiger partial charge in [0.05, 0.1) is 17.1 Å². The number of nitrogens with zero attached hydrogens (tertiary/aromatic N) is 4. The van der Waals surface area contributed by atoms with Gasteiger partial charge in [0.25, 0.3) is 5.56 Å². The van der Waals surface area contributed by atoms with Crippen LogP contribution in [0.3, 0.4) is 0 Å². The van der Waals surface area contributed by atoms with Gasteiger partial charge in [-0.25, -0.2) is 9.67 Å². The zero-order valence-corrected chi connectivity index (χ0v) is 18.0. The third-order valence-corrected chi connectivity index (χ3v) is 5.81. The first-order valence-electron chi connectivity index (χ1n) is 9.99. The minimum atomic E-state index is -0.453. The highest BCUT2D eigenvalue weighted by molar-refractivity contribution is 8.00. The van der Waals surface area contributed by atoms with E-state index in [1.807, 2.05) is 30.3 Å². The fourth-order valence-electron chi connectivity index (χ4n) is 3.11. The highest BCUT2D eigenvalue weighted by Gasteiger charge is 2.23. The lowest BCUT2D eigenvalue weighted by molar-refractivity contribution is -0.115. The fourth-order valence-corrected chi connectivity index (χ4v) is 4.12. The smallest absolute Gasteiger partial charge is 0.262 e. The number of aromatic amines is 1. The number of hydrogen-bond donors (Lipinski definition) is 2. The van der Waals surface area contributed by atoms with Crippen molar-refractivity contribution in [2.75, 3.05) is 5.32 Å². The Morgan fingerprint density at radius 3 is 2.84 bits per heavy atom. The van der Waals surface area contributed by atoms with Crippen LogP contribution in [0.2, 0.25) is 0 Å². The van der Waals surface area contributed by atoms with Gasteiger partial charge in [-0.05, 0) is 25.5 Å². The summed E-state index contributed by atoms with van der Waals surface area (Å²) in [4.78, 5) is 32.9. The molecular weight excluding hydrogens is 416 g/mol. The average Bonchev–Trinajstić information content (AvgIpc) is 3.38. The zero-order chi connectivity index (χ0) is 21.8. The maximum absolute atomic E-state index is 12.9. The summed E-state index contributed by atoms with van der Waals surface area (Å²) in [7, 11) is 0. The van der Waals surface area contributed by atoms with Crippen molar-refractivity contribution >= 4 is 34.5 Å². The Morgan fingerprint density at radius 1 is 1.32 bits per heavy atom. The van der Waals surface area contributed by atoms with Gasteiger partial charge in [-0.1, -0.05) is 54.9 Å². The van der Waals surface area contributed by atoms with Crippen LogP contribution in [0.1, 0.15) is 31.9 Å². The molecule has 0 aliphatic rings. The highest BCUT2D eigenvalue weighted by Crippen LogP contribution is 2.26. The first kappa shape index (κ1) is 20.9. The van der Waals surface area contributed by atoms with Gasteiger partial charge >= 0.3 is 0 Å². The SMILES string of the molecule is CCCCC(Sc1nc2c(cnn2-c2ccccc2)c(=O)[nH]1)C(=O)Nc1cc(C)on1. The standard InChI is InChI=1S/C21H22N6O3S/c1-3-4-10-16(20(29)23-17-11-13(2)30-26-17)31-21-24-18-15(19(28)25-21)12-22-27(18)14-8-6-5-7-9-14/h5-9,11-12,16H,3-4,10H2,1-2H3,(H,23,26,29)(H,24,25,28). The van der Waals surface area contributed by atoms with Crippen molar-refractivity contribution in [2.45, 2.75) is 43.5 Å². The molecule has 0 spiro atoms. The number of nitrogens with one attached hydrogen (secondary N) is 2. The number of carbonyl (C=O) groups is 1. The molecule has 1 aromatic carbocycles. The van der Waals surface area contributed by atoms with Crippen LogP contribution in [0.15, 0.2) is 57.1 Å². The number of benzene rings is 1. The van der Waals surface area contributed by atoms with Crippen molar-refractivity contribution in [3.63, 3.8) is 0 Å². The molecular formula is C21H22N6O3S. The predicted molar refractivity (Wildman–Crippen MR) is 119 cm³/mol. The van der Waals surface area contributed by atoms with E-state index < -0.39 is 5.25 Å². The summed E-state index contributed by atoms with van der Waals surface area (Å²) < 4.78 is 6.63. The second-order valence-corrected chi connectivity index (χ2v) is 8.25. The third kappa shape index (κ3) is 4.69. The lowest BCUT2D eigenvalue weighted by atomic mass is 10.2. The summed E-state index contributed by atoms with van der Waals surface area (Å²) in [6, 6.07) is 11.1. The molecule has 9 nitrogen and oxygen atoms in total. The van der Waals surface area contributed by atoms with E-state index in [-0.39, 0.29) is 11.5 Å². The quantitative estimate of drug-likeness (QED) is 0.318. The van der Waals surface area contributed by atoms with Gasteiger partial charge in [0.1, 0.15) is 11.1 Å². The van der Waals surface area contributed by atoms with Crippen LogP contribution in [-0.2, 0) is 4.79 Å². The molecule has 0 radical (unpaired) electrons. The van der Waals surface area contributed by atoms with Gasteiger partial charge in [0.15, 0.2) is 16.6 Å². The summed E-state index contributed by atoms with van der Waals surface area (Å²) in [5, 5.41) is 11.2. The summed E-state index contributed by atoms with van der Waals surface area (Å²) >= 11 is 1.22. The maximum Gasteiger partial charge on any atom is 0.262 e. The molecule has 31 heavy (non-hydrogen) atoms. The molecule has 160 valence electrons. The molecule has 3 heterocycles. The van der Waals surface area contributed by atoms with Gasteiger partial charge in [0.2, 0.25) is 5.91 Å². The topological polar surface area (TPSA) is 119 Å². The number of amides is 1. The lowest BCUT2D eigenvalue weighted by Gasteiger charge is -2.14. The Labute approximate surface area is 182 Å². The van der Waals surface area contributed by atoms with Crippen LogP contribution in [0, 0.1) is 6.92 Å². The van der Waals surface area contributed by atoms with Crippen molar-refractivity contribution < 1.29 is 9.32 Å². The Morgan fingerprint density at radius 2 is 2.13 bits per heavy atom. The van der Waals surface area contributed by atoms with Crippen LogP contribution in [-0.4, -0.2) is 36.1 Å². The Hall–Kier alpha value is -3.40. The summed E-state index contributed by atoms with van der Waals surface area (Å²) in [6.07, 6.45) is 3.93. The van der Waals surface area contributed by atoms with Gasteiger partial charge in [-0.15, -0.1) is 0 Å². The zero-order valence-electron chi connectivity index (χ0n) is 17.2. The van der Waals surface area contributed by atoms with E-state index in [1.54, 1.807) is 17.7 Å². The van der Waals surface area contributed by atoms with Gasteiger partial charge in [-0.2, -0.15) is 5.10 Å². The lowest BCUT2D eigenvalue weighted by Crippen LogP contribution is -2.26. The number of H-pyrrole nitrogens is 1. The second-order valence-electron chi connectivity index (χ2n) is 7.06. The number of anilines is 1. The van der Waals surface area contributed by atoms with E-state index in [4.69, 9.17) is 4.52 Å². The van der Waals surface area contributed by atoms with Crippen molar-refractivity contribution in [1.82, 2.24) is 24.9 Å². The van der Waals surface area contributed by atoms with Crippen LogP contribution < -0.4 is 10.9 Å². The molecule has 10 heteroatoms. The van der Waals surface area contributed by atoms with E-state index in [0.717, 1.165) is 18.5 Å². The summed E-state index contributed by atoms with van der Waals surface area (Å²) in [5.41, 5.74) is 0.948. The van der Waals surface area contributed by atoms with E-state index in [9.17, 15) is 9.59 Å². The fraction of sp³-hybridized carbons (Fsp3) is 0.286. The second kappa shape index (κ2) is 9.17. The number of aromatic nitrogens is 5. The van der Waals surface area contributed by atoms with Crippen LogP contribution in [0.25, 0.3) is 16.7 Å². The average molecular weight is 439 g/mol. The van der Waals surface area contributed by atoms with Crippen molar-refractivity contribution in [3.05, 3.63) is 58.7 Å². The predicted octanol–water partition coefficient (Wildman–Crippen LogP) is 3.69. The molecule has 2 N–H and O–H groups in total. The molecule has 0 fully saturated rings. The molecule has 4 aromatic rings. The molecule has 0 aliphatic heterocycles. The molecule has 1 amide bonds. The van der Waals surface area contributed by atoms with Crippen LogP contribution in [0.5, 0.6) is 0 Å². The Balaban J connectivity index is 1.63. The summed E-state index contributed by atoms with van der Waals surface area (Å²) in [6.45, 7) is 3.82. The third-order valence-electron chi connectivity index (χ3n) is 4.66. The summed E-state index contributed by atoms with van der Waals surface area (Å²) in [5.74, 6) is 0.758. The number of thioether (sulfide) groups is 1. The molecule has 0 saturated heterocycles. The van der Waals surface area contributed by atoms with Crippen molar-refractivity contribution in [1.29, 1.82) is 0 Å². The van der Waals surface area contributed by atoms with Gasteiger partial charge in [-0.3, -0.25) is 9.59 Å². The van der Waals surface area contributed by atoms with Crippen LogP contribution in [0.4, 0.5) is 5.82 Å². The number of hydrogen-bond acceptors (Lipinski definition) is 7. The molecule has 0 saturated carbocycles. The number of aryl methyl sites for hydroxylation is 1. The van der Waals surface area contributed by atoms with E-state index in [2.05, 4.69) is 32.5 Å². The van der Waals surface area contributed by atoms with Gasteiger partial charge in [0, 0.05) is 6.07 Å². The molecule has 0 aliphatic carbocycles. The Kier molecular flexibility index (Phi) is 6.17. The molecule has 3 aromatic heterocycles. The van der Waals surface area contributed by atoms with E-state index in [1.165, 1.54) is 18.0 Å². The number of para-hydroxylation sites is 1. The van der Waals surface area contributed by atoms with Gasteiger partial charge < -0.3 is 14.8 Å². The van der Waals surface area contributed by atoms with Crippen LogP contribution >= 0.6 is 11.8 Å². The van der Waals surface area contributed by atoms with E-state index >= 15 is 0 Å². The largest absolute Gasteiger partial charge is 0.360 e. The van der Waals surface area contributed by atoms with Crippen molar-refractivity contribution in [2.24, 2.45) is 0 Å². The first-order valence-corrected chi connectivity index (χ1v) is 10.9. The van der Waals surface area contributed by atoms with Crippen molar-refractivity contribution in [3.8, 4) is 5.69 Å². The highest BCUT2D eigenvalue weighted by atomic mass is 32.2. The minimum Gasteiger partial charge on any atom is -0.360 e. The number of rotatable bonds is 8. The molecule has 1 unspecified atom stereocenters. The van der Waals surface area contributed by atoms with E-state index in [0.29, 0.717) is 34.2 Å². The monoisotopic (exact) mass is 438 g/mol. The molecule has 0 bridgehead atoms. The number of fused-ring (bicyclic) bond motifs is 1. The minimum absolute atomic E-state index is 0.217. The number of carbonyl (C=O) groups excluding carboxylic acids is 1. The Bertz CT molecular complexity index is 1250. The molecule has 1 atom stereocenters. The normalized spacial score (nSPS) is 12.2. The first-order chi connectivity index (χ1) is 15.0.